The topological polar surface area (TPSA) is 62.6 Å². The highest BCUT2D eigenvalue weighted by atomic mass is 16.5. The first-order chi connectivity index (χ1) is 14.2. The van der Waals surface area contributed by atoms with Crippen LogP contribution >= 0.6 is 0 Å². The summed E-state index contributed by atoms with van der Waals surface area (Å²) in [6.45, 7) is 3.52. The van der Waals surface area contributed by atoms with Crippen molar-refractivity contribution in [2.75, 3.05) is 26.7 Å². The van der Waals surface area contributed by atoms with E-state index in [1.807, 2.05) is 53.4 Å². The molecule has 1 atom stereocenters. The number of piperidine rings is 1. The van der Waals surface area contributed by atoms with Crippen molar-refractivity contribution in [3.05, 3.63) is 55.0 Å². The minimum absolute atomic E-state index is 0.368. The fraction of sp³-hybridized carbons (Fsp3) is 0.391. The molecule has 2 aromatic heterocycles. The van der Waals surface area contributed by atoms with Crippen LogP contribution in [-0.2, 0) is 6.54 Å². The van der Waals surface area contributed by atoms with E-state index >= 15 is 0 Å². The number of β-amino-alcohol motifs (C(OH)–C–C–N with tert-alkyl or cyclic N) is 1. The van der Waals surface area contributed by atoms with Gasteiger partial charge < -0.3 is 19.2 Å². The van der Waals surface area contributed by atoms with E-state index in [0.29, 0.717) is 12.4 Å². The SMILES string of the molecule is COc1ccc(-c2cnc(-c3cc[n+](CC(O)CN4CCCCC4)cc3)o2)cc1. The third-order valence-electron chi connectivity index (χ3n) is 5.36. The summed E-state index contributed by atoms with van der Waals surface area (Å²) in [5, 5.41) is 10.4. The fourth-order valence-electron chi connectivity index (χ4n) is 3.76. The lowest BCUT2D eigenvalue weighted by Gasteiger charge is -2.27. The molecule has 0 amide bonds. The predicted octanol–water partition coefficient (Wildman–Crippen LogP) is 3.15. The smallest absolute Gasteiger partial charge is 0.227 e. The number of hydrogen-bond acceptors (Lipinski definition) is 5. The number of rotatable bonds is 7. The molecule has 1 saturated heterocycles. The maximum Gasteiger partial charge on any atom is 0.227 e. The summed E-state index contributed by atoms with van der Waals surface area (Å²) in [5.74, 6) is 2.11. The number of aliphatic hydroxyl groups excluding tert-OH is 1. The molecular formula is C23H28N3O3+. The molecule has 3 heterocycles. The first-order valence-electron chi connectivity index (χ1n) is 10.2. The van der Waals surface area contributed by atoms with Gasteiger partial charge in [-0.2, -0.15) is 0 Å². The normalized spacial score (nSPS) is 15.9. The average molecular weight is 394 g/mol. The summed E-state index contributed by atoms with van der Waals surface area (Å²) in [5.41, 5.74) is 1.86. The molecule has 0 spiro atoms. The molecule has 29 heavy (non-hydrogen) atoms. The highest BCUT2D eigenvalue weighted by Gasteiger charge is 2.18. The van der Waals surface area contributed by atoms with Crippen LogP contribution in [0.2, 0.25) is 0 Å². The molecule has 152 valence electrons. The Morgan fingerprint density at radius 1 is 1.07 bits per heavy atom. The lowest BCUT2D eigenvalue weighted by Crippen LogP contribution is -2.45. The Hall–Kier alpha value is -2.70. The molecule has 0 bridgehead atoms. The van der Waals surface area contributed by atoms with E-state index in [4.69, 9.17) is 9.15 Å². The first kappa shape index (κ1) is 19.6. The summed E-state index contributed by atoms with van der Waals surface area (Å²) in [4.78, 5) is 6.77. The second-order valence-electron chi connectivity index (χ2n) is 7.56. The molecule has 6 heteroatoms. The van der Waals surface area contributed by atoms with E-state index in [9.17, 15) is 5.11 Å². The van der Waals surface area contributed by atoms with Crippen molar-refractivity contribution in [3.63, 3.8) is 0 Å². The first-order valence-corrected chi connectivity index (χ1v) is 10.2. The molecule has 1 aliphatic heterocycles. The summed E-state index contributed by atoms with van der Waals surface area (Å²) < 4.78 is 13.1. The number of ether oxygens (including phenoxy) is 1. The van der Waals surface area contributed by atoms with Crippen molar-refractivity contribution >= 4 is 0 Å². The molecule has 0 aliphatic carbocycles. The Bertz CT molecular complexity index is 900. The number of aliphatic hydroxyl groups is 1. The Labute approximate surface area is 171 Å². The minimum atomic E-state index is -0.368. The molecule has 4 rings (SSSR count). The van der Waals surface area contributed by atoms with Crippen LogP contribution in [0.1, 0.15) is 19.3 Å². The Kier molecular flexibility index (Phi) is 6.22. The lowest BCUT2D eigenvalue weighted by molar-refractivity contribution is -0.703. The van der Waals surface area contributed by atoms with Crippen molar-refractivity contribution in [3.8, 4) is 28.5 Å². The third kappa shape index (κ3) is 5.02. The Morgan fingerprint density at radius 3 is 2.48 bits per heavy atom. The molecule has 1 aromatic carbocycles. The van der Waals surface area contributed by atoms with Crippen LogP contribution in [0.25, 0.3) is 22.8 Å². The number of aromatic nitrogens is 2. The number of benzene rings is 1. The van der Waals surface area contributed by atoms with Crippen LogP contribution in [0.5, 0.6) is 5.75 Å². The molecule has 1 N–H and O–H groups in total. The quantitative estimate of drug-likeness (QED) is 0.624. The van der Waals surface area contributed by atoms with Crippen LogP contribution in [-0.4, -0.2) is 47.8 Å². The summed E-state index contributed by atoms with van der Waals surface area (Å²) in [6.07, 6.45) is 9.09. The van der Waals surface area contributed by atoms with Gasteiger partial charge in [0.15, 0.2) is 24.7 Å². The van der Waals surface area contributed by atoms with Gasteiger partial charge in [0.25, 0.3) is 0 Å². The average Bonchev–Trinajstić information content (AvgIpc) is 3.25. The molecule has 1 fully saturated rings. The second kappa shape index (κ2) is 9.20. The maximum absolute atomic E-state index is 10.4. The minimum Gasteiger partial charge on any atom is -0.497 e. The lowest BCUT2D eigenvalue weighted by atomic mass is 10.1. The van der Waals surface area contributed by atoms with Gasteiger partial charge in [0.1, 0.15) is 11.9 Å². The van der Waals surface area contributed by atoms with E-state index in [0.717, 1.165) is 42.3 Å². The monoisotopic (exact) mass is 394 g/mol. The largest absolute Gasteiger partial charge is 0.497 e. The predicted molar refractivity (Wildman–Crippen MR) is 110 cm³/mol. The zero-order valence-electron chi connectivity index (χ0n) is 16.8. The molecule has 3 aromatic rings. The van der Waals surface area contributed by atoms with Gasteiger partial charge in [-0.1, -0.05) is 6.42 Å². The van der Waals surface area contributed by atoms with Gasteiger partial charge in [-0.25, -0.2) is 9.55 Å². The van der Waals surface area contributed by atoms with Crippen molar-refractivity contribution in [1.29, 1.82) is 0 Å². The van der Waals surface area contributed by atoms with Gasteiger partial charge in [0.2, 0.25) is 5.89 Å². The number of oxazole rings is 1. The van der Waals surface area contributed by atoms with E-state index in [1.54, 1.807) is 13.3 Å². The van der Waals surface area contributed by atoms with E-state index < -0.39 is 0 Å². The molecule has 0 saturated carbocycles. The van der Waals surface area contributed by atoms with Crippen molar-refractivity contribution in [2.45, 2.75) is 31.9 Å². The Morgan fingerprint density at radius 2 is 1.79 bits per heavy atom. The van der Waals surface area contributed by atoms with Gasteiger partial charge in [0.05, 0.1) is 13.3 Å². The van der Waals surface area contributed by atoms with E-state index in [1.165, 1.54) is 19.3 Å². The van der Waals surface area contributed by atoms with E-state index in [-0.39, 0.29) is 6.10 Å². The van der Waals surface area contributed by atoms with Crippen LogP contribution in [0.3, 0.4) is 0 Å². The van der Waals surface area contributed by atoms with Crippen LogP contribution in [0.4, 0.5) is 0 Å². The number of pyridine rings is 1. The summed E-state index contributed by atoms with van der Waals surface area (Å²) >= 11 is 0. The molecular weight excluding hydrogens is 366 g/mol. The van der Waals surface area contributed by atoms with Gasteiger partial charge in [-0.05, 0) is 50.2 Å². The third-order valence-corrected chi connectivity index (χ3v) is 5.36. The van der Waals surface area contributed by atoms with Gasteiger partial charge in [0, 0.05) is 29.8 Å². The van der Waals surface area contributed by atoms with E-state index in [2.05, 4.69) is 9.88 Å². The number of methoxy groups -OCH3 is 1. The summed E-state index contributed by atoms with van der Waals surface area (Å²) in [7, 11) is 1.65. The highest BCUT2D eigenvalue weighted by molar-refractivity contribution is 5.61. The zero-order chi connectivity index (χ0) is 20.1. The molecule has 1 unspecified atom stereocenters. The van der Waals surface area contributed by atoms with Crippen LogP contribution in [0.15, 0.2) is 59.4 Å². The van der Waals surface area contributed by atoms with Crippen LogP contribution < -0.4 is 9.30 Å². The maximum atomic E-state index is 10.4. The van der Waals surface area contributed by atoms with Gasteiger partial charge in [-0.15, -0.1) is 0 Å². The van der Waals surface area contributed by atoms with Gasteiger partial charge >= 0.3 is 0 Å². The Balaban J connectivity index is 1.38. The van der Waals surface area contributed by atoms with Crippen molar-refractivity contribution < 1.29 is 18.8 Å². The standard InChI is InChI=1S/C23H28N3O3/c1-28-21-7-5-18(6-8-21)22-15-24-23(29-22)19-9-13-26(14-10-19)17-20(27)16-25-11-3-2-4-12-25/h5-10,13-15,20,27H,2-4,11-12,16-17H2,1H3/q+1. The molecule has 1 aliphatic rings. The summed E-state index contributed by atoms with van der Waals surface area (Å²) in [6, 6.07) is 11.6. The fourth-order valence-corrected chi connectivity index (χ4v) is 3.76. The highest BCUT2D eigenvalue weighted by Crippen LogP contribution is 2.26. The molecule has 6 nitrogen and oxygen atoms in total. The second-order valence-corrected chi connectivity index (χ2v) is 7.56. The number of nitrogens with zero attached hydrogens (tertiary/aromatic N) is 3. The molecule has 0 radical (unpaired) electrons. The number of hydrogen-bond donors (Lipinski definition) is 1. The van der Waals surface area contributed by atoms with Gasteiger partial charge in [-0.3, -0.25) is 0 Å². The number of likely N-dealkylation sites (tertiary alicyclic amines) is 1. The van der Waals surface area contributed by atoms with Crippen LogP contribution in [0, 0.1) is 0 Å². The van der Waals surface area contributed by atoms with Crippen molar-refractivity contribution in [2.24, 2.45) is 0 Å². The zero-order valence-corrected chi connectivity index (χ0v) is 16.8. The van der Waals surface area contributed by atoms with Crippen molar-refractivity contribution in [1.82, 2.24) is 9.88 Å².